The zero-order valence-corrected chi connectivity index (χ0v) is 10.5. The van der Waals surface area contributed by atoms with Crippen molar-refractivity contribution < 1.29 is 9.53 Å². The zero-order valence-electron chi connectivity index (χ0n) is 10.5. The van der Waals surface area contributed by atoms with Gasteiger partial charge in [-0.1, -0.05) is 18.2 Å². The maximum absolute atomic E-state index is 11.0. The number of nitrogen functional groups attached to an aromatic ring is 1. The van der Waals surface area contributed by atoms with Gasteiger partial charge < -0.3 is 16.2 Å². The lowest BCUT2D eigenvalue weighted by Gasteiger charge is -2.08. The van der Waals surface area contributed by atoms with Crippen molar-refractivity contribution in [1.82, 2.24) is 9.97 Å². The topological polar surface area (TPSA) is 104 Å². The van der Waals surface area contributed by atoms with E-state index >= 15 is 0 Å². The van der Waals surface area contributed by atoms with Crippen LogP contribution in [0.3, 0.4) is 0 Å². The molecule has 2 aromatic rings. The van der Waals surface area contributed by atoms with Crippen molar-refractivity contribution in [3.8, 4) is 5.75 Å². The summed E-state index contributed by atoms with van der Waals surface area (Å²) in [5.41, 5.74) is 11.9. The molecule has 0 aliphatic rings. The molecular formula is C13H14N4O2. The van der Waals surface area contributed by atoms with Crippen molar-refractivity contribution in [2.24, 2.45) is 5.73 Å². The van der Waals surface area contributed by atoms with E-state index < -0.39 is 5.91 Å². The van der Waals surface area contributed by atoms with Crippen LogP contribution in [-0.4, -0.2) is 23.0 Å². The van der Waals surface area contributed by atoms with Crippen molar-refractivity contribution in [3.63, 3.8) is 0 Å². The molecule has 0 aliphatic carbocycles. The monoisotopic (exact) mass is 258 g/mol. The van der Waals surface area contributed by atoms with Gasteiger partial charge in [-0.05, 0) is 6.07 Å². The molecule has 0 spiro atoms. The molecule has 2 rings (SSSR count). The number of anilines is 1. The van der Waals surface area contributed by atoms with Crippen molar-refractivity contribution >= 4 is 11.7 Å². The van der Waals surface area contributed by atoms with E-state index in [1.807, 2.05) is 24.3 Å². The van der Waals surface area contributed by atoms with E-state index in [-0.39, 0.29) is 11.4 Å². The van der Waals surface area contributed by atoms with Crippen LogP contribution in [0.2, 0.25) is 0 Å². The summed E-state index contributed by atoms with van der Waals surface area (Å²) in [6.45, 7) is 0. The van der Waals surface area contributed by atoms with Crippen LogP contribution in [-0.2, 0) is 6.42 Å². The Labute approximate surface area is 110 Å². The third kappa shape index (κ3) is 2.79. The van der Waals surface area contributed by atoms with Gasteiger partial charge in [-0.25, -0.2) is 9.97 Å². The predicted octanol–water partition coefficient (Wildman–Crippen LogP) is 0.757. The average molecular weight is 258 g/mol. The van der Waals surface area contributed by atoms with Crippen LogP contribution in [0.15, 0.2) is 30.5 Å². The normalized spacial score (nSPS) is 10.2. The number of primary amides is 1. The summed E-state index contributed by atoms with van der Waals surface area (Å²) in [6.07, 6.45) is 1.81. The Hall–Kier alpha value is -2.63. The second kappa shape index (κ2) is 5.34. The quantitative estimate of drug-likeness (QED) is 0.842. The SMILES string of the molecule is COc1ccccc1Cc1ncc(C(N)=O)c(N)n1. The molecule has 1 heterocycles. The summed E-state index contributed by atoms with van der Waals surface area (Å²) in [5, 5.41) is 0. The highest BCUT2D eigenvalue weighted by atomic mass is 16.5. The molecule has 0 radical (unpaired) electrons. The molecule has 0 saturated heterocycles. The fourth-order valence-electron chi connectivity index (χ4n) is 1.73. The van der Waals surface area contributed by atoms with Gasteiger partial charge in [-0.3, -0.25) is 4.79 Å². The third-order valence-electron chi connectivity index (χ3n) is 2.67. The molecule has 1 aromatic heterocycles. The van der Waals surface area contributed by atoms with Crippen LogP contribution in [0.4, 0.5) is 5.82 Å². The summed E-state index contributed by atoms with van der Waals surface area (Å²) in [4.78, 5) is 19.2. The minimum absolute atomic E-state index is 0.0902. The molecule has 6 heteroatoms. The van der Waals surface area contributed by atoms with E-state index in [1.54, 1.807) is 7.11 Å². The van der Waals surface area contributed by atoms with Crippen molar-refractivity contribution in [2.75, 3.05) is 12.8 Å². The molecule has 6 nitrogen and oxygen atoms in total. The number of benzene rings is 1. The van der Waals surface area contributed by atoms with Gasteiger partial charge in [-0.15, -0.1) is 0 Å². The fourth-order valence-corrected chi connectivity index (χ4v) is 1.73. The number of para-hydroxylation sites is 1. The number of carbonyl (C=O) groups is 1. The smallest absolute Gasteiger partial charge is 0.254 e. The second-order valence-electron chi connectivity index (χ2n) is 3.94. The van der Waals surface area contributed by atoms with Crippen LogP contribution in [0.25, 0.3) is 0 Å². The molecule has 1 aromatic carbocycles. The number of ether oxygens (including phenoxy) is 1. The highest BCUT2D eigenvalue weighted by Gasteiger charge is 2.10. The lowest BCUT2D eigenvalue weighted by Crippen LogP contribution is -2.16. The van der Waals surface area contributed by atoms with Gasteiger partial charge in [0.2, 0.25) is 0 Å². The van der Waals surface area contributed by atoms with Gasteiger partial charge in [0.25, 0.3) is 5.91 Å². The van der Waals surface area contributed by atoms with E-state index in [1.165, 1.54) is 6.20 Å². The number of nitrogens with zero attached hydrogens (tertiary/aromatic N) is 2. The van der Waals surface area contributed by atoms with Crippen molar-refractivity contribution in [1.29, 1.82) is 0 Å². The van der Waals surface area contributed by atoms with Crippen LogP contribution >= 0.6 is 0 Å². The maximum Gasteiger partial charge on any atom is 0.254 e. The van der Waals surface area contributed by atoms with Gasteiger partial charge >= 0.3 is 0 Å². The van der Waals surface area contributed by atoms with E-state index in [9.17, 15) is 4.79 Å². The van der Waals surface area contributed by atoms with Crippen LogP contribution < -0.4 is 16.2 Å². The Morgan fingerprint density at radius 3 is 2.74 bits per heavy atom. The molecule has 0 atom stereocenters. The molecule has 19 heavy (non-hydrogen) atoms. The second-order valence-corrected chi connectivity index (χ2v) is 3.94. The van der Waals surface area contributed by atoms with E-state index in [4.69, 9.17) is 16.2 Å². The number of hydrogen-bond donors (Lipinski definition) is 2. The minimum atomic E-state index is -0.638. The molecular weight excluding hydrogens is 244 g/mol. The molecule has 1 amide bonds. The van der Waals surface area contributed by atoms with Gasteiger partial charge in [-0.2, -0.15) is 0 Å². The molecule has 98 valence electrons. The lowest BCUT2D eigenvalue weighted by atomic mass is 10.1. The number of hydrogen-bond acceptors (Lipinski definition) is 5. The third-order valence-corrected chi connectivity index (χ3v) is 2.67. The Morgan fingerprint density at radius 1 is 1.37 bits per heavy atom. The number of aromatic nitrogens is 2. The number of nitrogens with two attached hydrogens (primary N) is 2. The largest absolute Gasteiger partial charge is 0.496 e. The van der Waals surface area contributed by atoms with Gasteiger partial charge in [0.1, 0.15) is 17.4 Å². The molecule has 0 unspecified atom stereocenters. The predicted molar refractivity (Wildman–Crippen MR) is 70.8 cm³/mol. The van der Waals surface area contributed by atoms with Gasteiger partial charge in [0, 0.05) is 18.2 Å². The number of amides is 1. The van der Waals surface area contributed by atoms with Crippen LogP contribution in [0.5, 0.6) is 5.75 Å². The molecule has 0 fully saturated rings. The molecule has 4 N–H and O–H groups in total. The summed E-state index contributed by atoms with van der Waals surface area (Å²) >= 11 is 0. The van der Waals surface area contributed by atoms with E-state index in [2.05, 4.69) is 9.97 Å². The Morgan fingerprint density at radius 2 is 2.11 bits per heavy atom. The first-order chi connectivity index (χ1) is 9.11. The number of carbonyl (C=O) groups excluding carboxylic acids is 1. The lowest BCUT2D eigenvalue weighted by molar-refractivity contribution is 0.100. The standard InChI is InChI=1S/C13H14N4O2/c1-19-10-5-3-2-4-8(10)6-11-16-7-9(13(15)18)12(14)17-11/h2-5,7H,6H2,1H3,(H2,15,18)(H2,14,16,17). The molecule has 0 saturated carbocycles. The van der Waals surface area contributed by atoms with Gasteiger partial charge in [0.05, 0.1) is 12.7 Å². The van der Waals surface area contributed by atoms with Crippen molar-refractivity contribution in [2.45, 2.75) is 6.42 Å². The summed E-state index contributed by atoms with van der Waals surface area (Å²) in [6, 6.07) is 7.56. The van der Waals surface area contributed by atoms with E-state index in [0.717, 1.165) is 11.3 Å². The molecule has 0 aliphatic heterocycles. The van der Waals surface area contributed by atoms with Crippen LogP contribution in [0.1, 0.15) is 21.7 Å². The Kier molecular flexibility index (Phi) is 3.61. The first kappa shape index (κ1) is 12.8. The number of rotatable bonds is 4. The highest BCUT2D eigenvalue weighted by molar-refractivity contribution is 5.96. The average Bonchev–Trinajstić information content (AvgIpc) is 2.39. The minimum Gasteiger partial charge on any atom is -0.496 e. The summed E-state index contributed by atoms with van der Waals surface area (Å²) < 4.78 is 5.25. The van der Waals surface area contributed by atoms with Crippen molar-refractivity contribution in [3.05, 3.63) is 47.4 Å². The first-order valence-corrected chi connectivity index (χ1v) is 5.65. The van der Waals surface area contributed by atoms with Crippen LogP contribution in [0, 0.1) is 0 Å². The first-order valence-electron chi connectivity index (χ1n) is 5.65. The van der Waals surface area contributed by atoms with Gasteiger partial charge in [0.15, 0.2) is 0 Å². The zero-order chi connectivity index (χ0) is 13.8. The summed E-state index contributed by atoms with van der Waals surface area (Å²) in [5.74, 6) is 0.712. The summed E-state index contributed by atoms with van der Waals surface area (Å²) in [7, 11) is 1.60. The fraction of sp³-hybridized carbons (Fsp3) is 0.154. The highest BCUT2D eigenvalue weighted by Crippen LogP contribution is 2.20. The van der Waals surface area contributed by atoms with E-state index in [0.29, 0.717) is 12.2 Å². The Bertz CT molecular complexity index is 613. The Balaban J connectivity index is 2.29. The maximum atomic E-state index is 11.0. The molecule has 0 bridgehead atoms. The number of methoxy groups -OCH3 is 1.